The number of aryl methyl sites for hydroxylation is 1. The van der Waals surface area contributed by atoms with Crippen molar-refractivity contribution in [3.8, 4) is 0 Å². The van der Waals surface area contributed by atoms with Crippen molar-refractivity contribution >= 4 is 0 Å². The maximum Gasteiger partial charge on any atom is 0.108 e. The van der Waals surface area contributed by atoms with Crippen LogP contribution in [0.15, 0.2) is 30.0 Å². The Balaban J connectivity index is 1.53. The second kappa shape index (κ2) is 5.45. The number of rotatable bonds is 4. The van der Waals surface area contributed by atoms with Gasteiger partial charge in [0.15, 0.2) is 0 Å². The van der Waals surface area contributed by atoms with E-state index >= 15 is 0 Å². The van der Waals surface area contributed by atoms with Gasteiger partial charge in [0.05, 0.1) is 5.69 Å². The number of aromatic nitrogens is 2. The second-order valence-corrected chi connectivity index (χ2v) is 6.73. The molecule has 3 nitrogen and oxygen atoms in total. The van der Waals surface area contributed by atoms with E-state index in [9.17, 15) is 0 Å². The van der Waals surface area contributed by atoms with E-state index in [4.69, 9.17) is 4.98 Å². The van der Waals surface area contributed by atoms with Crippen molar-refractivity contribution in [3.63, 3.8) is 0 Å². The monoisotopic (exact) mass is 283 g/mol. The number of hydrogen-bond donors (Lipinski definition) is 1. The van der Waals surface area contributed by atoms with Crippen LogP contribution in [-0.4, -0.2) is 22.6 Å². The maximum absolute atomic E-state index is 4.90. The molecule has 0 spiro atoms. The first-order chi connectivity index (χ1) is 10.3. The normalized spacial score (nSPS) is 28.3. The molecule has 1 aromatic rings. The van der Waals surface area contributed by atoms with Gasteiger partial charge in [0.25, 0.3) is 0 Å². The van der Waals surface area contributed by atoms with Gasteiger partial charge in [0, 0.05) is 25.1 Å². The minimum Gasteiger partial charge on any atom is -0.331 e. The molecule has 2 aliphatic carbocycles. The number of allylic oxidation sites excluding steroid dienone is 4. The van der Waals surface area contributed by atoms with Crippen molar-refractivity contribution in [2.24, 2.45) is 11.8 Å². The largest absolute Gasteiger partial charge is 0.331 e. The molecule has 1 aromatic heterocycles. The molecule has 3 heteroatoms. The van der Waals surface area contributed by atoms with E-state index in [2.05, 4.69) is 41.2 Å². The lowest BCUT2D eigenvalue weighted by Crippen LogP contribution is -2.29. The molecular weight excluding hydrogens is 258 g/mol. The fraction of sp³-hybridized carbons (Fsp3) is 0.611. The summed E-state index contributed by atoms with van der Waals surface area (Å²) in [7, 11) is 0. The Morgan fingerprint density at radius 2 is 2.14 bits per heavy atom. The van der Waals surface area contributed by atoms with Crippen LogP contribution in [0.4, 0.5) is 0 Å². The topological polar surface area (TPSA) is 29.9 Å². The predicted octanol–water partition coefficient (Wildman–Crippen LogP) is 3.04. The summed E-state index contributed by atoms with van der Waals surface area (Å²) in [5.74, 6) is 2.95. The summed E-state index contributed by atoms with van der Waals surface area (Å²) in [5, 5.41) is 3.45. The molecule has 1 N–H and O–H groups in total. The quantitative estimate of drug-likeness (QED) is 0.920. The third-order valence-electron chi connectivity index (χ3n) is 5.14. The Hall–Kier alpha value is -1.35. The molecule has 1 aliphatic heterocycles. The third kappa shape index (κ3) is 2.71. The summed E-state index contributed by atoms with van der Waals surface area (Å²) in [5.41, 5.74) is 2.71. The first-order valence-electron chi connectivity index (χ1n) is 8.49. The zero-order valence-electron chi connectivity index (χ0n) is 12.9. The molecule has 2 unspecified atom stereocenters. The van der Waals surface area contributed by atoms with Crippen molar-refractivity contribution in [1.82, 2.24) is 14.9 Å². The minimum absolute atomic E-state index is 0.645. The van der Waals surface area contributed by atoms with Crippen LogP contribution in [0.3, 0.4) is 0 Å². The minimum atomic E-state index is 0.645. The van der Waals surface area contributed by atoms with Crippen LogP contribution in [0.2, 0.25) is 0 Å². The van der Waals surface area contributed by atoms with Gasteiger partial charge in [-0.1, -0.05) is 25.2 Å². The fourth-order valence-corrected chi connectivity index (χ4v) is 3.79. The molecule has 0 bridgehead atoms. The van der Waals surface area contributed by atoms with Gasteiger partial charge in [0.2, 0.25) is 0 Å². The van der Waals surface area contributed by atoms with E-state index in [1.807, 2.05) is 0 Å². The highest BCUT2D eigenvalue weighted by molar-refractivity contribution is 5.33. The van der Waals surface area contributed by atoms with Crippen molar-refractivity contribution in [3.05, 3.63) is 41.5 Å². The van der Waals surface area contributed by atoms with E-state index in [0.717, 1.165) is 37.8 Å². The average molecular weight is 283 g/mol. The maximum atomic E-state index is 4.90. The standard InChI is InChI=1S/C18H25N3/c1-2-18-20-16(10-13-3-4-14-11-15(14)9-13)12-21(18)17-5-7-19-8-6-17/h3-4,9,12,14-15,17,19H,2,5-8,10-11H2,1H3. The first kappa shape index (κ1) is 13.3. The highest BCUT2D eigenvalue weighted by Gasteiger charge is 2.34. The summed E-state index contributed by atoms with van der Waals surface area (Å²) >= 11 is 0. The zero-order chi connectivity index (χ0) is 14.2. The van der Waals surface area contributed by atoms with Gasteiger partial charge in [-0.25, -0.2) is 4.98 Å². The Kier molecular flexibility index (Phi) is 3.46. The Morgan fingerprint density at radius 3 is 2.90 bits per heavy atom. The van der Waals surface area contributed by atoms with Crippen LogP contribution < -0.4 is 5.32 Å². The molecule has 1 saturated carbocycles. The van der Waals surface area contributed by atoms with Crippen molar-refractivity contribution in [2.45, 2.75) is 45.1 Å². The number of piperidine rings is 1. The van der Waals surface area contributed by atoms with Crippen LogP contribution in [0.25, 0.3) is 0 Å². The molecular formula is C18H25N3. The van der Waals surface area contributed by atoms with Crippen molar-refractivity contribution in [2.75, 3.05) is 13.1 Å². The van der Waals surface area contributed by atoms with E-state index in [1.165, 1.54) is 36.4 Å². The fourth-order valence-electron chi connectivity index (χ4n) is 3.79. The van der Waals surface area contributed by atoms with Crippen LogP contribution >= 0.6 is 0 Å². The summed E-state index contributed by atoms with van der Waals surface area (Å²) < 4.78 is 2.46. The van der Waals surface area contributed by atoms with E-state index < -0.39 is 0 Å². The van der Waals surface area contributed by atoms with Gasteiger partial charge in [0.1, 0.15) is 5.82 Å². The van der Waals surface area contributed by atoms with Gasteiger partial charge in [-0.3, -0.25) is 0 Å². The number of imidazole rings is 1. The number of hydrogen-bond acceptors (Lipinski definition) is 2. The van der Waals surface area contributed by atoms with Gasteiger partial charge in [-0.2, -0.15) is 0 Å². The highest BCUT2D eigenvalue weighted by atomic mass is 15.1. The predicted molar refractivity (Wildman–Crippen MR) is 85.3 cm³/mol. The number of nitrogens with one attached hydrogen (secondary N) is 1. The van der Waals surface area contributed by atoms with E-state index in [1.54, 1.807) is 0 Å². The van der Waals surface area contributed by atoms with E-state index in [-0.39, 0.29) is 0 Å². The van der Waals surface area contributed by atoms with Gasteiger partial charge < -0.3 is 9.88 Å². The molecule has 4 rings (SSSR count). The Morgan fingerprint density at radius 1 is 1.29 bits per heavy atom. The molecule has 0 aromatic carbocycles. The molecule has 2 atom stereocenters. The van der Waals surface area contributed by atoms with Crippen LogP contribution in [0.1, 0.15) is 43.7 Å². The first-order valence-corrected chi connectivity index (χ1v) is 8.49. The van der Waals surface area contributed by atoms with E-state index in [0.29, 0.717) is 6.04 Å². The second-order valence-electron chi connectivity index (χ2n) is 6.73. The smallest absolute Gasteiger partial charge is 0.108 e. The number of nitrogens with zero attached hydrogens (tertiary/aromatic N) is 2. The van der Waals surface area contributed by atoms with Crippen molar-refractivity contribution in [1.29, 1.82) is 0 Å². The zero-order valence-corrected chi connectivity index (χ0v) is 12.9. The molecule has 112 valence electrons. The molecule has 0 amide bonds. The summed E-state index contributed by atoms with van der Waals surface area (Å²) in [6.07, 6.45) is 15.4. The molecule has 3 aliphatic rings. The number of fused-ring (bicyclic) bond motifs is 1. The van der Waals surface area contributed by atoms with Crippen LogP contribution in [0.5, 0.6) is 0 Å². The SMILES string of the molecule is CCc1nc(CC2=CC3CC3C=C2)cn1C1CCNCC1. The summed E-state index contributed by atoms with van der Waals surface area (Å²) in [4.78, 5) is 4.90. The van der Waals surface area contributed by atoms with Crippen LogP contribution in [0, 0.1) is 11.8 Å². The lowest BCUT2D eigenvalue weighted by Gasteiger charge is -2.25. The summed E-state index contributed by atoms with van der Waals surface area (Å²) in [6, 6.07) is 0.645. The Labute approximate surface area is 127 Å². The molecule has 2 fully saturated rings. The molecule has 2 heterocycles. The van der Waals surface area contributed by atoms with Gasteiger partial charge >= 0.3 is 0 Å². The molecule has 0 radical (unpaired) electrons. The lowest BCUT2D eigenvalue weighted by atomic mass is 10.0. The lowest BCUT2D eigenvalue weighted by molar-refractivity contribution is 0.360. The molecule has 1 saturated heterocycles. The molecule has 21 heavy (non-hydrogen) atoms. The summed E-state index contributed by atoms with van der Waals surface area (Å²) in [6.45, 7) is 4.49. The van der Waals surface area contributed by atoms with Gasteiger partial charge in [-0.15, -0.1) is 0 Å². The average Bonchev–Trinajstić information content (AvgIpc) is 3.18. The van der Waals surface area contributed by atoms with Crippen molar-refractivity contribution < 1.29 is 0 Å². The van der Waals surface area contributed by atoms with Gasteiger partial charge in [-0.05, 0) is 49.8 Å². The Bertz CT molecular complexity index is 575. The van der Waals surface area contributed by atoms with Crippen LogP contribution in [-0.2, 0) is 12.8 Å². The third-order valence-corrected chi connectivity index (χ3v) is 5.14. The highest BCUT2D eigenvalue weighted by Crippen LogP contribution is 2.44.